The summed E-state index contributed by atoms with van der Waals surface area (Å²) in [4.78, 5) is 3.24. The van der Waals surface area contributed by atoms with E-state index in [4.69, 9.17) is 16.6 Å². The largest absolute Gasteiger partial charge is 0.387 e. The minimum atomic E-state index is -0.0533. The van der Waals surface area contributed by atoms with Gasteiger partial charge in [-0.25, -0.2) is 4.99 Å². The predicted octanol–water partition coefficient (Wildman–Crippen LogP) is -0.00966. The van der Waals surface area contributed by atoms with E-state index in [-0.39, 0.29) is 18.1 Å². The quantitative estimate of drug-likeness (QED) is 0.340. The van der Waals surface area contributed by atoms with Gasteiger partial charge < -0.3 is 5.73 Å². The fraction of sp³-hybridized carbons (Fsp3) is 0.250. The van der Waals surface area contributed by atoms with E-state index in [2.05, 4.69) is 11.7 Å². The SMILES string of the molecule is C=NC(=N)CC(=N)N. The molecule has 0 amide bonds. The van der Waals surface area contributed by atoms with Gasteiger partial charge in [0.15, 0.2) is 0 Å². The monoisotopic (exact) mass is 112 g/mol. The molecule has 0 unspecified atom stereocenters. The van der Waals surface area contributed by atoms with Crippen LogP contribution < -0.4 is 5.73 Å². The molecule has 0 aliphatic rings. The number of nitrogens with two attached hydrogens (primary N) is 1. The van der Waals surface area contributed by atoms with Crippen LogP contribution in [0.4, 0.5) is 0 Å². The van der Waals surface area contributed by atoms with E-state index >= 15 is 0 Å². The standard InChI is InChI=1S/C4H8N4/c1-8-4(7)2-3(5)6/h7H,1-2H2,(H3,5,6). The lowest BCUT2D eigenvalue weighted by atomic mass is 10.4. The van der Waals surface area contributed by atoms with Gasteiger partial charge in [0.2, 0.25) is 0 Å². The minimum absolute atomic E-state index is 0.0394. The van der Waals surface area contributed by atoms with Gasteiger partial charge in [-0.1, -0.05) is 0 Å². The van der Waals surface area contributed by atoms with Crippen molar-refractivity contribution in [1.82, 2.24) is 0 Å². The van der Waals surface area contributed by atoms with Gasteiger partial charge in [-0.15, -0.1) is 0 Å². The fourth-order valence-corrected chi connectivity index (χ4v) is 0.236. The Balaban J connectivity index is 3.55. The molecule has 0 aromatic heterocycles. The van der Waals surface area contributed by atoms with Gasteiger partial charge in [0.1, 0.15) is 5.84 Å². The van der Waals surface area contributed by atoms with Crippen LogP contribution in [0, 0.1) is 10.8 Å². The Bertz CT molecular complexity index is 126. The number of nitrogens with one attached hydrogen (secondary N) is 2. The second kappa shape index (κ2) is 2.90. The Labute approximate surface area is 47.4 Å². The van der Waals surface area contributed by atoms with Crippen LogP contribution in [0.3, 0.4) is 0 Å². The Morgan fingerprint density at radius 3 is 2.25 bits per heavy atom. The summed E-state index contributed by atoms with van der Waals surface area (Å²) < 4.78 is 0. The van der Waals surface area contributed by atoms with Crippen molar-refractivity contribution in [3.63, 3.8) is 0 Å². The third-order valence-corrected chi connectivity index (χ3v) is 0.549. The van der Waals surface area contributed by atoms with E-state index in [0.29, 0.717) is 0 Å². The second-order valence-electron chi connectivity index (χ2n) is 1.31. The smallest absolute Gasteiger partial charge is 0.127 e. The zero-order valence-electron chi connectivity index (χ0n) is 4.44. The lowest BCUT2D eigenvalue weighted by molar-refractivity contribution is 1.29. The topological polar surface area (TPSA) is 86.1 Å². The van der Waals surface area contributed by atoms with Gasteiger partial charge in [0.05, 0.1) is 12.3 Å². The van der Waals surface area contributed by atoms with Gasteiger partial charge in [0.25, 0.3) is 0 Å². The normalized spacial score (nSPS) is 8.00. The molecule has 0 aliphatic heterocycles. The maximum Gasteiger partial charge on any atom is 0.127 e. The number of amidine groups is 2. The number of aliphatic imine (C=N–C) groups is 1. The molecule has 0 rings (SSSR count). The Kier molecular flexibility index (Phi) is 2.47. The third kappa shape index (κ3) is 3.02. The molecule has 0 aliphatic carbocycles. The van der Waals surface area contributed by atoms with Gasteiger partial charge in [-0.3, -0.25) is 10.8 Å². The Morgan fingerprint density at radius 2 is 2.12 bits per heavy atom. The summed E-state index contributed by atoms with van der Waals surface area (Å²) >= 11 is 0. The first-order valence-corrected chi connectivity index (χ1v) is 2.04. The van der Waals surface area contributed by atoms with Crippen LogP contribution >= 0.6 is 0 Å². The van der Waals surface area contributed by atoms with E-state index in [1.165, 1.54) is 0 Å². The Hall–Kier alpha value is -1.19. The molecule has 0 saturated heterocycles. The van der Waals surface area contributed by atoms with Gasteiger partial charge in [-0.05, 0) is 6.72 Å². The molecule has 0 radical (unpaired) electrons. The van der Waals surface area contributed by atoms with Crippen molar-refractivity contribution in [3.8, 4) is 0 Å². The molecule has 44 valence electrons. The molecule has 0 atom stereocenters. The van der Waals surface area contributed by atoms with Crippen LogP contribution in [-0.4, -0.2) is 18.4 Å². The number of rotatable bonds is 2. The molecule has 0 fully saturated rings. The predicted molar refractivity (Wildman–Crippen MR) is 33.8 cm³/mol. The molecular formula is C4H8N4. The van der Waals surface area contributed by atoms with Crippen molar-refractivity contribution in [2.45, 2.75) is 6.42 Å². The molecule has 0 aromatic carbocycles. The molecule has 0 heterocycles. The highest BCUT2D eigenvalue weighted by atomic mass is 14.8. The average Bonchev–Trinajstić information content (AvgIpc) is 1.65. The molecule has 4 nitrogen and oxygen atoms in total. The fourth-order valence-electron chi connectivity index (χ4n) is 0.236. The van der Waals surface area contributed by atoms with Crippen molar-refractivity contribution < 1.29 is 0 Å². The second-order valence-corrected chi connectivity index (χ2v) is 1.31. The van der Waals surface area contributed by atoms with Crippen molar-refractivity contribution in [3.05, 3.63) is 0 Å². The summed E-state index contributed by atoms with van der Waals surface area (Å²) in [6.07, 6.45) is 0.101. The molecular weight excluding hydrogens is 104 g/mol. The number of hydrogen-bond donors (Lipinski definition) is 3. The van der Waals surface area contributed by atoms with Gasteiger partial charge in [-0.2, -0.15) is 0 Å². The van der Waals surface area contributed by atoms with Crippen LogP contribution in [-0.2, 0) is 0 Å². The summed E-state index contributed by atoms with van der Waals surface area (Å²) in [6, 6.07) is 0. The highest BCUT2D eigenvalue weighted by Crippen LogP contribution is 1.80. The van der Waals surface area contributed by atoms with Crippen LogP contribution in [0.25, 0.3) is 0 Å². The van der Waals surface area contributed by atoms with Crippen molar-refractivity contribution >= 4 is 18.4 Å². The average molecular weight is 112 g/mol. The Morgan fingerprint density at radius 1 is 1.62 bits per heavy atom. The summed E-state index contributed by atoms with van der Waals surface area (Å²) in [7, 11) is 0. The molecule has 0 bridgehead atoms. The van der Waals surface area contributed by atoms with Crippen molar-refractivity contribution in [2.75, 3.05) is 0 Å². The molecule has 0 spiro atoms. The first-order chi connectivity index (χ1) is 3.66. The van der Waals surface area contributed by atoms with E-state index in [1.54, 1.807) is 0 Å². The molecule has 4 N–H and O–H groups in total. The van der Waals surface area contributed by atoms with Crippen LogP contribution in [0.15, 0.2) is 4.99 Å². The van der Waals surface area contributed by atoms with Crippen LogP contribution in [0.2, 0.25) is 0 Å². The molecule has 4 heteroatoms. The zero-order chi connectivity index (χ0) is 6.57. The summed E-state index contributed by atoms with van der Waals surface area (Å²) in [5.41, 5.74) is 4.92. The molecule has 0 aromatic rings. The third-order valence-electron chi connectivity index (χ3n) is 0.549. The first-order valence-electron chi connectivity index (χ1n) is 2.04. The van der Waals surface area contributed by atoms with E-state index < -0.39 is 0 Å². The lowest BCUT2D eigenvalue weighted by Gasteiger charge is -1.90. The van der Waals surface area contributed by atoms with Crippen molar-refractivity contribution in [1.29, 1.82) is 10.8 Å². The van der Waals surface area contributed by atoms with Crippen LogP contribution in [0.5, 0.6) is 0 Å². The molecule has 8 heavy (non-hydrogen) atoms. The van der Waals surface area contributed by atoms with Crippen molar-refractivity contribution in [2.24, 2.45) is 10.7 Å². The summed E-state index contributed by atoms with van der Waals surface area (Å²) in [6.45, 7) is 3.09. The zero-order valence-corrected chi connectivity index (χ0v) is 4.44. The summed E-state index contributed by atoms with van der Waals surface area (Å²) in [5.74, 6) is -0.0140. The number of hydrogen-bond acceptors (Lipinski definition) is 2. The highest BCUT2D eigenvalue weighted by molar-refractivity contribution is 6.00. The van der Waals surface area contributed by atoms with E-state index in [1.807, 2.05) is 0 Å². The maximum absolute atomic E-state index is 6.82. The van der Waals surface area contributed by atoms with E-state index in [0.717, 1.165) is 0 Å². The highest BCUT2D eigenvalue weighted by Gasteiger charge is 1.91. The minimum Gasteiger partial charge on any atom is -0.387 e. The number of nitrogens with zero attached hydrogens (tertiary/aromatic N) is 1. The van der Waals surface area contributed by atoms with Gasteiger partial charge in [0, 0.05) is 0 Å². The van der Waals surface area contributed by atoms with Crippen LogP contribution in [0.1, 0.15) is 6.42 Å². The first kappa shape index (κ1) is 6.81. The molecule has 0 saturated carbocycles. The summed E-state index contributed by atoms with van der Waals surface area (Å²) in [5, 5.41) is 13.5. The maximum atomic E-state index is 6.82. The van der Waals surface area contributed by atoms with Gasteiger partial charge >= 0.3 is 0 Å². The lowest BCUT2D eigenvalue weighted by Crippen LogP contribution is -2.13. The van der Waals surface area contributed by atoms with E-state index in [9.17, 15) is 0 Å².